The maximum Gasteiger partial charge on any atom is 0.124 e. The largest absolute Gasteiger partial charge is 0.388 e. The Kier molecular flexibility index (Phi) is 2.77. The van der Waals surface area contributed by atoms with Crippen LogP contribution in [0.5, 0.6) is 0 Å². The number of pyridine rings is 1. The van der Waals surface area contributed by atoms with Gasteiger partial charge in [0.25, 0.3) is 0 Å². The molecular formula is C13H15FN2. The Bertz CT molecular complexity index is 535. The van der Waals surface area contributed by atoms with Crippen LogP contribution in [-0.2, 0) is 6.42 Å². The maximum atomic E-state index is 13.3. The van der Waals surface area contributed by atoms with Gasteiger partial charge in [0.05, 0.1) is 5.52 Å². The van der Waals surface area contributed by atoms with Crippen molar-refractivity contribution in [2.75, 3.05) is 12.4 Å². The summed E-state index contributed by atoms with van der Waals surface area (Å²) in [6.07, 6.45) is 0.876. The minimum atomic E-state index is -0.215. The number of aryl methyl sites for hydroxylation is 2. The molecular weight excluding hydrogens is 203 g/mol. The van der Waals surface area contributed by atoms with E-state index in [9.17, 15) is 4.39 Å². The Morgan fingerprint density at radius 3 is 2.69 bits per heavy atom. The van der Waals surface area contributed by atoms with Crippen molar-refractivity contribution in [3.63, 3.8) is 0 Å². The minimum Gasteiger partial charge on any atom is -0.388 e. The molecule has 0 amide bonds. The van der Waals surface area contributed by atoms with Gasteiger partial charge in [-0.15, -0.1) is 0 Å². The van der Waals surface area contributed by atoms with Gasteiger partial charge in [0, 0.05) is 23.8 Å². The predicted octanol–water partition coefficient (Wildman–Crippen LogP) is 3.29. The fourth-order valence-corrected chi connectivity index (χ4v) is 1.90. The van der Waals surface area contributed by atoms with Crippen molar-refractivity contribution < 1.29 is 4.39 Å². The van der Waals surface area contributed by atoms with Crippen molar-refractivity contribution in [3.05, 3.63) is 35.3 Å². The van der Waals surface area contributed by atoms with Crippen molar-refractivity contribution in [2.45, 2.75) is 20.3 Å². The third-order valence-electron chi connectivity index (χ3n) is 2.75. The molecule has 2 nitrogen and oxygen atoms in total. The molecule has 0 saturated heterocycles. The smallest absolute Gasteiger partial charge is 0.124 e. The summed E-state index contributed by atoms with van der Waals surface area (Å²) in [5.74, 6) is -0.215. The molecule has 3 heteroatoms. The van der Waals surface area contributed by atoms with E-state index in [0.29, 0.717) is 0 Å². The van der Waals surface area contributed by atoms with Crippen molar-refractivity contribution in [1.82, 2.24) is 4.98 Å². The van der Waals surface area contributed by atoms with Gasteiger partial charge < -0.3 is 5.32 Å². The second kappa shape index (κ2) is 4.08. The molecule has 0 spiro atoms. The Morgan fingerprint density at radius 2 is 2.06 bits per heavy atom. The van der Waals surface area contributed by atoms with Gasteiger partial charge in [-0.3, -0.25) is 4.98 Å². The second-order valence-corrected chi connectivity index (χ2v) is 3.88. The molecule has 1 aromatic carbocycles. The lowest BCUT2D eigenvalue weighted by Gasteiger charge is -2.10. The number of nitrogens with one attached hydrogen (secondary N) is 1. The normalized spacial score (nSPS) is 10.8. The molecule has 0 atom stereocenters. The van der Waals surface area contributed by atoms with E-state index < -0.39 is 0 Å². The van der Waals surface area contributed by atoms with Gasteiger partial charge in [0.2, 0.25) is 0 Å². The Hall–Kier alpha value is -1.64. The number of hydrogen-bond acceptors (Lipinski definition) is 2. The van der Waals surface area contributed by atoms with Crippen molar-refractivity contribution >= 4 is 16.6 Å². The first-order valence-corrected chi connectivity index (χ1v) is 5.43. The lowest BCUT2D eigenvalue weighted by atomic mass is 10.1. The predicted molar refractivity (Wildman–Crippen MR) is 65.4 cm³/mol. The highest BCUT2D eigenvalue weighted by molar-refractivity contribution is 5.93. The van der Waals surface area contributed by atoms with Crippen LogP contribution in [0.1, 0.15) is 18.2 Å². The van der Waals surface area contributed by atoms with E-state index in [4.69, 9.17) is 0 Å². The summed E-state index contributed by atoms with van der Waals surface area (Å²) >= 11 is 0. The molecule has 0 aliphatic carbocycles. The van der Waals surface area contributed by atoms with Crippen LogP contribution < -0.4 is 5.32 Å². The zero-order chi connectivity index (χ0) is 11.7. The summed E-state index contributed by atoms with van der Waals surface area (Å²) in [6.45, 7) is 3.95. The van der Waals surface area contributed by atoms with E-state index in [1.54, 1.807) is 0 Å². The van der Waals surface area contributed by atoms with Crippen LogP contribution in [0.3, 0.4) is 0 Å². The number of hydrogen-bond donors (Lipinski definition) is 1. The monoisotopic (exact) mass is 218 g/mol. The van der Waals surface area contributed by atoms with E-state index in [1.165, 1.54) is 12.1 Å². The first kappa shape index (κ1) is 10.9. The van der Waals surface area contributed by atoms with E-state index in [2.05, 4.69) is 17.2 Å². The SMILES string of the molecule is CCc1cc(NC)c2cc(F)cc(C)c2n1. The summed E-state index contributed by atoms with van der Waals surface area (Å²) in [4.78, 5) is 4.54. The van der Waals surface area contributed by atoms with Crippen LogP contribution in [0, 0.1) is 12.7 Å². The molecule has 16 heavy (non-hydrogen) atoms. The summed E-state index contributed by atoms with van der Waals surface area (Å²) in [5.41, 5.74) is 3.71. The van der Waals surface area contributed by atoms with E-state index >= 15 is 0 Å². The van der Waals surface area contributed by atoms with Gasteiger partial charge in [0.1, 0.15) is 5.82 Å². The summed E-state index contributed by atoms with van der Waals surface area (Å²) in [6, 6.07) is 5.02. The highest BCUT2D eigenvalue weighted by Gasteiger charge is 2.08. The van der Waals surface area contributed by atoms with Crippen LogP contribution in [0.2, 0.25) is 0 Å². The minimum absolute atomic E-state index is 0.215. The number of aromatic nitrogens is 1. The standard InChI is InChI=1S/C13H15FN2/c1-4-10-7-12(15-3)11-6-9(14)5-8(2)13(11)16-10/h5-7H,4H2,1-3H3,(H,15,16). The Morgan fingerprint density at radius 1 is 1.31 bits per heavy atom. The average molecular weight is 218 g/mol. The van der Waals surface area contributed by atoms with E-state index in [0.717, 1.165) is 34.3 Å². The molecule has 0 bridgehead atoms. The molecule has 0 unspecified atom stereocenters. The maximum absolute atomic E-state index is 13.3. The quantitative estimate of drug-likeness (QED) is 0.836. The molecule has 1 aromatic heterocycles. The zero-order valence-electron chi connectivity index (χ0n) is 9.76. The van der Waals surface area contributed by atoms with E-state index in [-0.39, 0.29) is 5.82 Å². The van der Waals surface area contributed by atoms with Crippen molar-refractivity contribution in [2.24, 2.45) is 0 Å². The molecule has 0 aliphatic heterocycles. The molecule has 2 aromatic rings. The second-order valence-electron chi connectivity index (χ2n) is 3.88. The first-order valence-electron chi connectivity index (χ1n) is 5.43. The average Bonchev–Trinajstić information content (AvgIpc) is 2.28. The van der Waals surface area contributed by atoms with Gasteiger partial charge in [-0.2, -0.15) is 0 Å². The van der Waals surface area contributed by atoms with Crippen LogP contribution in [0.25, 0.3) is 10.9 Å². The Balaban J connectivity index is 2.83. The first-order chi connectivity index (χ1) is 7.65. The van der Waals surface area contributed by atoms with Crippen LogP contribution in [0.15, 0.2) is 18.2 Å². The van der Waals surface area contributed by atoms with Crippen molar-refractivity contribution in [3.8, 4) is 0 Å². The number of halogens is 1. The molecule has 1 heterocycles. The molecule has 0 aliphatic rings. The summed E-state index contributed by atoms with van der Waals surface area (Å²) in [5, 5.41) is 3.94. The molecule has 84 valence electrons. The van der Waals surface area contributed by atoms with Gasteiger partial charge in [0.15, 0.2) is 0 Å². The van der Waals surface area contributed by atoms with Gasteiger partial charge >= 0.3 is 0 Å². The molecule has 0 fully saturated rings. The number of nitrogens with zero attached hydrogens (tertiary/aromatic N) is 1. The Labute approximate surface area is 94.5 Å². The lowest BCUT2D eigenvalue weighted by molar-refractivity contribution is 0.628. The third kappa shape index (κ3) is 1.73. The lowest BCUT2D eigenvalue weighted by Crippen LogP contribution is -1.97. The van der Waals surface area contributed by atoms with Gasteiger partial charge in [-0.25, -0.2) is 4.39 Å². The van der Waals surface area contributed by atoms with Crippen LogP contribution >= 0.6 is 0 Å². The zero-order valence-corrected chi connectivity index (χ0v) is 9.76. The fraction of sp³-hybridized carbons (Fsp3) is 0.308. The highest BCUT2D eigenvalue weighted by Crippen LogP contribution is 2.26. The number of fused-ring (bicyclic) bond motifs is 1. The number of benzene rings is 1. The highest BCUT2D eigenvalue weighted by atomic mass is 19.1. The molecule has 0 radical (unpaired) electrons. The molecule has 1 N–H and O–H groups in total. The summed E-state index contributed by atoms with van der Waals surface area (Å²) in [7, 11) is 1.84. The fourth-order valence-electron chi connectivity index (χ4n) is 1.90. The molecule has 2 rings (SSSR count). The topological polar surface area (TPSA) is 24.9 Å². The number of rotatable bonds is 2. The number of anilines is 1. The van der Waals surface area contributed by atoms with Gasteiger partial charge in [-0.05, 0) is 37.1 Å². The van der Waals surface area contributed by atoms with Crippen LogP contribution in [0.4, 0.5) is 10.1 Å². The molecule has 0 saturated carbocycles. The van der Waals surface area contributed by atoms with Crippen LogP contribution in [-0.4, -0.2) is 12.0 Å². The summed E-state index contributed by atoms with van der Waals surface area (Å²) < 4.78 is 13.3. The van der Waals surface area contributed by atoms with Crippen molar-refractivity contribution in [1.29, 1.82) is 0 Å². The third-order valence-corrected chi connectivity index (χ3v) is 2.75. The van der Waals surface area contributed by atoms with E-state index in [1.807, 2.05) is 20.0 Å². The van der Waals surface area contributed by atoms with Gasteiger partial charge in [-0.1, -0.05) is 6.92 Å².